The molecule has 1 heterocycles. The number of hydrogen-bond donors (Lipinski definition) is 2. The molecule has 1 aromatic heterocycles. The number of halogens is 2. The summed E-state index contributed by atoms with van der Waals surface area (Å²) in [4.78, 5) is 18.9. The number of rotatable bonds is 3. The van der Waals surface area contributed by atoms with E-state index in [4.69, 9.17) is 0 Å². The summed E-state index contributed by atoms with van der Waals surface area (Å²) in [6.07, 6.45) is 0. The van der Waals surface area contributed by atoms with Crippen LogP contribution in [-0.2, 0) is 0 Å². The van der Waals surface area contributed by atoms with Crippen LogP contribution in [0.5, 0.6) is 0 Å². The molecule has 4 nitrogen and oxygen atoms in total. The predicted molar refractivity (Wildman–Crippen MR) is 80.5 cm³/mol. The largest absolute Gasteiger partial charge is 0.376 e. The first kappa shape index (κ1) is 14.7. The number of aryl methyl sites for hydroxylation is 2. The van der Waals surface area contributed by atoms with E-state index in [1.54, 1.807) is 32.9 Å². The Morgan fingerprint density at radius 1 is 1.40 bits per heavy atom. The molecule has 0 fully saturated rings. The Morgan fingerprint density at radius 3 is 2.75 bits per heavy atom. The van der Waals surface area contributed by atoms with Crippen LogP contribution in [0.4, 0.5) is 10.1 Å². The van der Waals surface area contributed by atoms with Crippen LogP contribution in [0.25, 0.3) is 0 Å². The number of benzene rings is 1. The van der Waals surface area contributed by atoms with Crippen LogP contribution in [0.3, 0.4) is 0 Å². The van der Waals surface area contributed by atoms with E-state index >= 15 is 0 Å². The van der Waals surface area contributed by atoms with Gasteiger partial charge in [0, 0.05) is 4.47 Å². The Labute approximate surface area is 124 Å². The molecular formula is C14H15BrFN3O. The average molecular weight is 340 g/mol. The van der Waals surface area contributed by atoms with Gasteiger partial charge in [-0.25, -0.2) is 9.37 Å². The SMILES string of the molecule is Cc1nc(C)c(C(C)Nc2cc(Br)ccc2F)c(=O)[nH]1. The van der Waals surface area contributed by atoms with Crippen molar-refractivity contribution in [1.82, 2.24) is 9.97 Å². The first-order valence-electron chi connectivity index (χ1n) is 6.17. The van der Waals surface area contributed by atoms with Crippen LogP contribution >= 0.6 is 15.9 Å². The first-order valence-corrected chi connectivity index (χ1v) is 6.97. The summed E-state index contributed by atoms with van der Waals surface area (Å²) in [6.45, 7) is 5.30. The molecule has 0 amide bonds. The lowest BCUT2D eigenvalue weighted by atomic mass is 10.1. The second-order valence-corrected chi connectivity index (χ2v) is 5.56. The van der Waals surface area contributed by atoms with E-state index in [1.165, 1.54) is 6.07 Å². The average Bonchev–Trinajstić information content (AvgIpc) is 2.32. The zero-order chi connectivity index (χ0) is 14.9. The van der Waals surface area contributed by atoms with Gasteiger partial charge in [-0.3, -0.25) is 4.79 Å². The number of aromatic nitrogens is 2. The van der Waals surface area contributed by atoms with Gasteiger partial charge in [-0.05, 0) is 39.0 Å². The highest BCUT2D eigenvalue weighted by molar-refractivity contribution is 9.10. The first-order chi connectivity index (χ1) is 9.38. The molecule has 2 N–H and O–H groups in total. The number of anilines is 1. The van der Waals surface area contributed by atoms with Gasteiger partial charge in [-0.15, -0.1) is 0 Å². The Morgan fingerprint density at radius 2 is 2.10 bits per heavy atom. The number of aromatic amines is 1. The Balaban J connectivity index is 2.36. The third-order valence-electron chi connectivity index (χ3n) is 3.00. The highest BCUT2D eigenvalue weighted by atomic mass is 79.9. The maximum absolute atomic E-state index is 13.7. The van der Waals surface area contributed by atoms with Gasteiger partial charge in [-0.2, -0.15) is 0 Å². The number of H-pyrrole nitrogens is 1. The molecule has 2 aromatic rings. The summed E-state index contributed by atoms with van der Waals surface area (Å²) in [7, 11) is 0. The topological polar surface area (TPSA) is 57.8 Å². The van der Waals surface area contributed by atoms with Crippen molar-refractivity contribution in [1.29, 1.82) is 0 Å². The molecule has 0 aliphatic carbocycles. The Hall–Kier alpha value is -1.69. The third kappa shape index (κ3) is 3.07. The van der Waals surface area contributed by atoms with E-state index in [1.807, 2.05) is 0 Å². The molecule has 6 heteroatoms. The minimum Gasteiger partial charge on any atom is -0.376 e. The third-order valence-corrected chi connectivity index (χ3v) is 3.49. The standard InChI is InChI=1S/C14H15BrFN3O/c1-7-13(14(20)19-9(3)17-7)8(2)18-12-6-10(15)4-5-11(12)16/h4-6,8,18H,1-3H3,(H,17,19,20). The van der Waals surface area contributed by atoms with Crippen molar-refractivity contribution in [3.63, 3.8) is 0 Å². The fraction of sp³-hybridized carbons (Fsp3) is 0.286. The molecule has 0 aliphatic rings. The molecule has 106 valence electrons. The van der Waals surface area contributed by atoms with Gasteiger partial charge in [0.1, 0.15) is 11.6 Å². The summed E-state index contributed by atoms with van der Waals surface area (Å²) in [5, 5.41) is 3.00. The smallest absolute Gasteiger partial charge is 0.256 e. The minimum atomic E-state index is -0.366. The molecule has 0 spiro atoms. The van der Waals surface area contributed by atoms with Crippen LogP contribution in [0.2, 0.25) is 0 Å². The second kappa shape index (κ2) is 5.75. The molecule has 1 atom stereocenters. The summed E-state index contributed by atoms with van der Waals surface area (Å²) in [5.74, 6) is 0.200. The van der Waals surface area contributed by atoms with Crippen molar-refractivity contribution in [2.45, 2.75) is 26.8 Å². The highest BCUT2D eigenvalue weighted by Crippen LogP contribution is 2.24. The molecule has 0 radical (unpaired) electrons. The second-order valence-electron chi connectivity index (χ2n) is 4.64. The van der Waals surface area contributed by atoms with Crippen molar-refractivity contribution in [3.05, 3.63) is 55.9 Å². The van der Waals surface area contributed by atoms with Gasteiger partial charge in [0.05, 0.1) is 23.0 Å². The molecule has 1 aromatic carbocycles. The van der Waals surface area contributed by atoms with E-state index in [0.717, 1.165) is 4.47 Å². The fourth-order valence-electron chi connectivity index (χ4n) is 2.16. The fourth-order valence-corrected chi connectivity index (χ4v) is 2.52. The summed E-state index contributed by atoms with van der Waals surface area (Å²) < 4.78 is 14.5. The van der Waals surface area contributed by atoms with E-state index in [9.17, 15) is 9.18 Å². The summed E-state index contributed by atoms with van der Waals surface area (Å²) in [6, 6.07) is 4.27. The molecular weight excluding hydrogens is 325 g/mol. The molecule has 1 unspecified atom stereocenters. The minimum absolute atomic E-state index is 0.203. The number of nitrogens with one attached hydrogen (secondary N) is 2. The van der Waals surface area contributed by atoms with Crippen LogP contribution in [0, 0.1) is 19.7 Å². The van der Waals surface area contributed by atoms with Gasteiger partial charge in [0.15, 0.2) is 0 Å². The van der Waals surface area contributed by atoms with Crippen LogP contribution < -0.4 is 10.9 Å². The van der Waals surface area contributed by atoms with Crippen LogP contribution in [-0.4, -0.2) is 9.97 Å². The van der Waals surface area contributed by atoms with Crippen molar-refractivity contribution in [3.8, 4) is 0 Å². The van der Waals surface area contributed by atoms with Crippen molar-refractivity contribution in [2.24, 2.45) is 0 Å². The maximum Gasteiger partial charge on any atom is 0.256 e. The van der Waals surface area contributed by atoms with Crippen molar-refractivity contribution >= 4 is 21.6 Å². The quantitative estimate of drug-likeness (QED) is 0.900. The zero-order valence-corrected chi connectivity index (χ0v) is 13.0. The van der Waals surface area contributed by atoms with Crippen LogP contribution in [0.15, 0.2) is 27.5 Å². The van der Waals surface area contributed by atoms with Gasteiger partial charge in [0.25, 0.3) is 5.56 Å². The molecule has 0 aliphatic heterocycles. The maximum atomic E-state index is 13.7. The van der Waals surface area contributed by atoms with Gasteiger partial charge >= 0.3 is 0 Å². The van der Waals surface area contributed by atoms with Gasteiger partial charge in [0.2, 0.25) is 0 Å². The van der Waals surface area contributed by atoms with Crippen molar-refractivity contribution < 1.29 is 4.39 Å². The normalized spacial score (nSPS) is 12.2. The van der Waals surface area contributed by atoms with E-state index in [0.29, 0.717) is 22.8 Å². The van der Waals surface area contributed by atoms with Gasteiger partial charge < -0.3 is 10.3 Å². The monoisotopic (exact) mass is 339 g/mol. The molecule has 0 saturated carbocycles. The lowest BCUT2D eigenvalue weighted by Gasteiger charge is -2.17. The molecule has 0 bridgehead atoms. The van der Waals surface area contributed by atoms with E-state index in [-0.39, 0.29) is 17.4 Å². The molecule has 20 heavy (non-hydrogen) atoms. The molecule has 2 rings (SSSR count). The number of hydrogen-bond acceptors (Lipinski definition) is 3. The lowest BCUT2D eigenvalue weighted by molar-refractivity contribution is 0.626. The molecule has 0 saturated heterocycles. The Bertz CT molecular complexity index is 699. The summed E-state index contributed by atoms with van der Waals surface area (Å²) >= 11 is 3.29. The predicted octanol–water partition coefficient (Wildman–Crippen LogP) is 3.46. The number of nitrogens with zero attached hydrogens (tertiary/aromatic N) is 1. The van der Waals surface area contributed by atoms with Crippen LogP contribution in [0.1, 0.15) is 30.0 Å². The van der Waals surface area contributed by atoms with E-state index in [2.05, 4.69) is 31.2 Å². The van der Waals surface area contributed by atoms with Crippen molar-refractivity contribution in [2.75, 3.05) is 5.32 Å². The lowest BCUT2D eigenvalue weighted by Crippen LogP contribution is -2.23. The van der Waals surface area contributed by atoms with Gasteiger partial charge in [-0.1, -0.05) is 15.9 Å². The Kier molecular flexibility index (Phi) is 4.23. The highest BCUT2D eigenvalue weighted by Gasteiger charge is 2.16. The summed E-state index contributed by atoms with van der Waals surface area (Å²) in [5.41, 5.74) is 1.29. The van der Waals surface area contributed by atoms with E-state index < -0.39 is 0 Å². The zero-order valence-electron chi connectivity index (χ0n) is 11.4.